The molecule has 22 heavy (non-hydrogen) atoms. The van der Waals surface area contributed by atoms with Gasteiger partial charge in [-0.25, -0.2) is 0 Å². The van der Waals surface area contributed by atoms with E-state index in [0.29, 0.717) is 11.7 Å². The number of nitrogens with one attached hydrogen (secondary N) is 1. The number of hydrogen-bond donors (Lipinski definition) is 2. The maximum atomic E-state index is 11.7. The van der Waals surface area contributed by atoms with Gasteiger partial charge in [0, 0.05) is 11.3 Å². The van der Waals surface area contributed by atoms with Crippen molar-refractivity contribution in [1.29, 1.82) is 0 Å². The summed E-state index contributed by atoms with van der Waals surface area (Å²) < 4.78 is 4.86. The zero-order chi connectivity index (χ0) is 16.3. The minimum Gasteiger partial charge on any atom is -0.507 e. The average Bonchev–Trinajstić information content (AvgIpc) is 2.49. The molecule has 0 saturated carbocycles. The zero-order valence-corrected chi connectivity index (χ0v) is 14.6. The first-order valence-corrected chi connectivity index (χ1v) is 8.82. The number of hydrogen-bond acceptors (Lipinski definition) is 4. The standard InChI is InChI=1S/C17H25NO3S/c1-11(2)14-8-13(15(19)7-12(14)3)9-18-5-6-22-16(10-18)17(20)21-4/h7-8,11,16,19H,5-6,9-10H2,1-4H3/p+1/t16-/m1/s1. The molecule has 4 nitrogen and oxygen atoms in total. The van der Waals surface area contributed by atoms with Crippen molar-refractivity contribution < 1.29 is 19.5 Å². The Morgan fingerprint density at radius 2 is 2.23 bits per heavy atom. The van der Waals surface area contributed by atoms with Crippen LogP contribution in [0.1, 0.15) is 36.5 Å². The van der Waals surface area contributed by atoms with E-state index in [-0.39, 0.29) is 11.2 Å². The number of thioether (sulfide) groups is 1. The summed E-state index contributed by atoms with van der Waals surface area (Å²) in [4.78, 5) is 13.0. The highest BCUT2D eigenvalue weighted by atomic mass is 32.2. The first-order chi connectivity index (χ1) is 10.4. The number of carbonyl (C=O) groups is 1. The molecule has 1 heterocycles. The number of rotatable bonds is 4. The number of methoxy groups -OCH3 is 1. The second-order valence-electron chi connectivity index (χ2n) is 6.26. The summed E-state index contributed by atoms with van der Waals surface area (Å²) in [5.41, 5.74) is 3.39. The minimum absolute atomic E-state index is 0.0917. The first kappa shape index (κ1) is 17.2. The van der Waals surface area contributed by atoms with Crippen molar-refractivity contribution in [2.75, 3.05) is 26.0 Å². The van der Waals surface area contributed by atoms with Gasteiger partial charge in [0.05, 0.1) is 13.7 Å². The van der Waals surface area contributed by atoms with Gasteiger partial charge in [0.15, 0.2) is 5.25 Å². The second kappa shape index (κ2) is 7.38. The van der Waals surface area contributed by atoms with Gasteiger partial charge in [-0.1, -0.05) is 13.8 Å². The van der Waals surface area contributed by atoms with Crippen LogP contribution >= 0.6 is 11.8 Å². The van der Waals surface area contributed by atoms with Gasteiger partial charge in [-0.3, -0.25) is 4.79 Å². The van der Waals surface area contributed by atoms with Gasteiger partial charge in [-0.2, -0.15) is 0 Å². The number of phenolic OH excluding ortho intramolecular Hbond substituents is 1. The lowest BCUT2D eigenvalue weighted by molar-refractivity contribution is -0.911. The Morgan fingerprint density at radius 1 is 1.50 bits per heavy atom. The van der Waals surface area contributed by atoms with Crippen LogP contribution in [0.25, 0.3) is 0 Å². The molecular weight excluding hydrogens is 298 g/mol. The van der Waals surface area contributed by atoms with Crippen molar-refractivity contribution in [3.8, 4) is 5.75 Å². The molecule has 2 atom stereocenters. The van der Waals surface area contributed by atoms with Crippen LogP contribution in [0.5, 0.6) is 5.75 Å². The Balaban J connectivity index is 2.13. The fourth-order valence-electron chi connectivity index (χ4n) is 3.00. The molecule has 1 aromatic carbocycles. The number of quaternary nitrogens is 1. The molecule has 1 saturated heterocycles. The summed E-state index contributed by atoms with van der Waals surface area (Å²) in [6.45, 7) is 8.88. The topological polar surface area (TPSA) is 51.0 Å². The van der Waals surface area contributed by atoms with E-state index < -0.39 is 0 Å². The number of aryl methyl sites for hydroxylation is 1. The van der Waals surface area contributed by atoms with E-state index in [1.165, 1.54) is 17.6 Å². The molecular formula is C17H26NO3S+. The molecule has 0 aromatic heterocycles. The summed E-state index contributed by atoms with van der Waals surface area (Å²) >= 11 is 1.67. The predicted octanol–water partition coefficient (Wildman–Crippen LogP) is 1.50. The number of carbonyl (C=O) groups excluding carboxylic acids is 1. The quantitative estimate of drug-likeness (QED) is 0.824. The largest absolute Gasteiger partial charge is 0.507 e. The fourth-order valence-corrected chi connectivity index (χ4v) is 4.28. The zero-order valence-electron chi connectivity index (χ0n) is 13.8. The maximum Gasteiger partial charge on any atom is 0.324 e. The monoisotopic (exact) mass is 324 g/mol. The molecule has 1 aliphatic heterocycles. The summed E-state index contributed by atoms with van der Waals surface area (Å²) in [5.74, 6) is 1.60. The highest BCUT2D eigenvalue weighted by Crippen LogP contribution is 2.27. The maximum absolute atomic E-state index is 11.7. The van der Waals surface area contributed by atoms with Crippen molar-refractivity contribution in [2.24, 2.45) is 0 Å². The van der Waals surface area contributed by atoms with Crippen LogP contribution in [0.4, 0.5) is 0 Å². The molecule has 0 spiro atoms. The highest BCUT2D eigenvalue weighted by molar-refractivity contribution is 8.00. The lowest BCUT2D eigenvalue weighted by Gasteiger charge is -2.28. The van der Waals surface area contributed by atoms with Crippen LogP contribution in [0, 0.1) is 6.92 Å². The van der Waals surface area contributed by atoms with E-state index in [1.807, 2.05) is 13.0 Å². The summed E-state index contributed by atoms with van der Waals surface area (Å²) in [6, 6.07) is 3.98. The molecule has 122 valence electrons. The van der Waals surface area contributed by atoms with Crippen molar-refractivity contribution in [3.05, 3.63) is 28.8 Å². The van der Waals surface area contributed by atoms with Crippen LogP contribution in [-0.4, -0.2) is 42.3 Å². The molecule has 1 aliphatic rings. The Bertz CT molecular complexity index is 545. The van der Waals surface area contributed by atoms with E-state index in [9.17, 15) is 9.90 Å². The van der Waals surface area contributed by atoms with E-state index in [4.69, 9.17) is 4.74 Å². The summed E-state index contributed by atoms with van der Waals surface area (Å²) in [5, 5.41) is 10.1. The predicted molar refractivity (Wildman–Crippen MR) is 89.6 cm³/mol. The summed E-state index contributed by atoms with van der Waals surface area (Å²) in [7, 11) is 1.44. The lowest BCUT2D eigenvalue weighted by atomic mass is 9.95. The summed E-state index contributed by atoms with van der Waals surface area (Å²) in [6.07, 6.45) is 0. The number of aromatic hydroxyl groups is 1. The third-order valence-corrected chi connectivity index (χ3v) is 5.44. The van der Waals surface area contributed by atoms with E-state index in [2.05, 4.69) is 19.9 Å². The minimum atomic E-state index is -0.141. The van der Waals surface area contributed by atoms with Crippen LogP contribution in [0.2, 0.25) is 0 Å². The highest BCUT2D eigenvalue weighted by Gasteiger charge is 2.30. The van der Waals surface area contributed by atoms with Gasteiger partial charge >= 0.3 is 5.97 Å². The number of ether oxygens (including phenoxy) is 1. The number of benzene rings is 1. The second-order valence-corrected chi connectivity index (χ2v) is 7.57. The molecule has 1 unspecified atom stereocenters. The van der Waals surface area contributed by atoms with E-state index >= 15 is 0 Å². The molecule has 2 N–H and O–H groups in total. The van der Waals surface area contributed by atoms with Gasteiger partial charge < -0.3 is 14.7 Å². The Morgan fingerprint density at radius 3 is 2.86 bits per heavy atom. The van der Waals surface area contributed by atoms with Gasteiger partial charge in [-0.05, 0) is 36.1 Å². The molecule has 0 aliphatic carbocycles. The van der Waals surface area contributed by atoms with Crippen LogP contribution in [-0.2, 0) is 16.1 Å². The third kappa shape index (κ3) is 3.96. The van der Waals surface area contributed by atoms with E-state index in [0.717, 1.165) is 36.5 Å². The first-order valence-electron chi connectivity index (χ1n) is 7.77. The Hall–Kier alpha value is -1.20. The normalized spacial score (nSPS) is 21.9. The van der Waals surface area contributed by atoms with Gasteiger partial charge in [0.1, 0.15) is 18.8 Å². The number of phenols is 1. The Kier molecular flexibility index (Phi) is 5.75. The molecule has 5 heteroatoms. The van der Waals surface area contributed by atoms with Crippen molar-refractivity contribution in [1.82, 2.24) is 0 Å². The van der Waals surface area contributed by atoms with Crippen LogP contribution in [0.15, 0.2) is 12.1 Å². The SMILES string of the molecule is COC(=O)[C@H]1C[NH+](Cc2cc(C(C)C)c(C)cc2O)CCS1. The molecule has 1 aromatic rings. The van der Waals surface area contributed by atoms with Crippen molar-refractivity contribution in [3.63, 3.8) is 0 Å². The molecule has 0 bridgehead atoms. The lowest BCUT2D eigenvalue weighted by Crippen LogP contribution is -3.13. The molecule has 2 rings (SSSR count). The van der Waals surface area contributed by atoms with Crippen molar-refractivity contribution in [2.45, 2.75) is 38.5 Å². The third-order valence-electron chi connectivity index (χ3n) is 4.24. The van der Waals surface area contributed by atoms with Gasteiger partial charge in [-0.15, -0.1) is 11.8 Å². The number of esters is 1. The molecule has 1 fully saturated rings. The molecule has 0 radical (unpaired) electrons. The van der Waals surface area contributed by atoms with Gasteiger partial charge in [0.25, 0.3) is 0 Å². The Labute approximate surface area is 136 Å². The van der Waals surface area contributed by atoms with Crippen LogP contribution < -0.4 is 4.90 Å². The smallest absolute Gasteiger partial charge is 0.324 e. The van der Waals surface area contributed by atoms with Gasteiger partial charge in [0.2, 0.25) is 0 Å². The fraction of sp³-hybridized carbons (Fsp3) is 0.588. The molecule has 0 amide bonds. The van der Waals surface area contributed by atoms with E-state index in [1.54, 1.807) is 11.8 Å². The average molecular weight is 324 g/mol. The van der Waals surface area contributed by atoms with Crippen LogP contribution in [0.3, 0.4) is 0 Å². The van der Waals surface area contributed by atoms with Crippen molar-refractivity contribution >= 4 is 17.7 Å².